The Morgan fingerprint density at radius 2 is 1.93 bits per heavy atom. The molecule has 11 heteroatoms. The topological polar surface area (TPSA) is 87.2 Å². The van der Waals surface area contributed by atoms with Gasteiger partial charge in [-0.25, -0.2) is 9.67 Å². The van der Waals surface area contributed by atoms with Gasteiger partial charge in [0.2, 0.25) is 0 Å². The maximum absolute atomic E-state index is 4.69. The first-order chi connectivity index (χ1) is 13.8. The predicted molar refractivity (Wildman–Crippen MR) is 111 cm³/mol. The van der Waals surface area contributed by atoms with Crippen molar-refractivity contribution in [3.63, 3.8) is 0 Å². The molecule has 4 aromatic rings. The molecule has 1 aromatic carbocycles. The lowest BCUT2D eigenvalue weighted by molar-refractivity contribution is 0.593. The van der Waals surface area contributed by atoms with Crippen LogP contribution in [0.5, 0.6) is 0 Å². The van der Waals surface area contributed by atoms with E-state index in [1.54, 1.807) is 34.9 Å². The molecule has 0 unspecified atom stereocenters. The largest absolute Gasteiger partial charge is 0.306 e. The average molecular weight is 431 g/mol. The predicted octanol–water partition coefficient (Wildman–Crippen LogP) is 3.81. The molecule has 0 saturated heterocycles. The van der Waals surface area contributed by atoms with Gasteiger partial charge in [0.05, 0.1) is 27.8 Å². The summed E-state index contributed by atoms with van der Waals surface area (Å²) in [6.07, 6.45) is 2.34. The summed E-state index contributed by atoms with van der Waals surface area (Å²) < 4.78 is 6.39. The van der Waals surface area contributed by atoms with Crippen molar-refractivity contribution in [2.75, 3.05) is 0 Å². The molecule has 1 saturated carbocycles. The second-order valence-electron chi connectivity index (χ2n) is 6.44. The first-order valence-corrected chi connectivity index (χ1v) is 11.9. The minimum absolute atomic E-state index is 0.482. The Balaban J connectivity index is 1.26. The first-order valence-electron chi connectivity index (χ1n) is 9.12. The summed E-state index contributed by atoms with van der Waals surface area (Å²) in [5.74, 6) is 3.33. The number of para-hydroxylation sites is 1. The lowest BCUT2D eigenvalue weighted by Crippen LogP contribution is -2.04. The summed E-state index contributed by atoms with van der Waals surface area (Å²) in [5.41, 5.74) is 1.05. The molecule has 3 aromatic heterocycles. The van der Waals surface area contributed by atoms with E-state index in [2.05, 4.69) is 54.3 Å². The van der Waals surface area contributed by atoms with E-state index in [1.165, 1.54) is 17.5 Å². The zero-order valence-corrected chi connectivity index (χ0v) is 17.7. The van der Waals surface area contributed by atoms with Gasteiger partial charge >= 0.3 is 0 Å². The highest BCUT2D eigenvalue weighted by Gasteiger charge is 2.27. The van der Waals surface area contributed by atoms with Crippen molar-refractivity contribution in [1.82, 2.24) is 40.0 Å². The number of fused-ring (bicyclic) bond motifs is 1. The van der Waals surface area contributed by atoms with Crippen LogP contribution < -0.4 is 0 Å². The van der Waals surface area contributed by atoms with Crippen LogP contribution in [0.3, 0.4) is 0 Å². The van der Waals surface area contributed by atoms with Gasteiger partial charge < -0.3 is 4.57 Å². The van der Waals surface area contributed by atoms with Crippen LogP contribution in [-0.2, 0) is 18.1 Å². The SMILES string of the molecule is CCn1c(CSc2nc3ccccc3s2)nnc1SCc1nnnn1C1CC1. The van der Waals surface area contributed by atoms with Gasteiger partial charge in [-0.05, 0) is 42.3 Å². The van der Waals surface area contributed by atoms with Crippen LogP contribution in [0.25, 0.3) is 10.2 Å². The standard InChI is InChI=1S/C17H18N8S3/c1-2-24-14(9-27-17-18-12-5-3-4-6-13(12)28-17)19-21-16(24)26-10-15-20-22-23-25(15)11-7-8-11/h3-6,11H,2,7-10H2,1H3. The molecular formula is C17H18N8S3. The Hall–Kier alpha value is -1.98. The molecule has 0 amide bonds. The number of hydrogen-bond acceptors (Lipinski definition) is 9. The van der Waals surface area contributed by atoms with E-state index in [9.17, 15) is 0 Å². The second kappa shape index (κ2) is 7.80. The lowest BCUT2D eigenvalue weighted by Gasteiger charge is -2.06. The molecule has 1 aliphatic carbocycles. The zero-order valence-electron chi connectivity index (χ0n) is 15.2. The Morgan fingerprint density at radius 1 is 1.07 bits per heavy atom. The third-order valence-corrected chi connectivity index (χ3v) is 7.63. The van der Waals surface area contributed by atoms with Crippen molar-refractivity contribution in [3.05, 3.63) is 35.9 Å². The highest BCUT2D eigenvalue weighted by atomic mass is 32.2. The second-order valence-corrected chi connectivity index (χ2v) is 9.63. The minimum Gasteiger partial charge on any atom is -0.306 e. The van der Waals surface area contributed by atoms with Crippen LogP contribution in [0.1, 0.15) is 37.5 Å². The summed E-state index contributed by atoms with van der Waals surface area (Å²) in [7, 11) is 0. The fourth-order valence-corrected chi connectivity index (χ4v) is 5.87. The van der Waals surface area contributed by atoms with E-state index in [1.807, 2.05) is 16.8 Å². The molecule has 0 atom stereocenters. The fourth-order valence-electron chi connectivity index (χ4n) is 2.93. The number of tetrazole rings is 1. The quantitative estimate of drug-likeness (QED) is 0.390. The Kier molecular flexibility index (Phi) is 5.03. The number of rotatable bonds is 8. The summed E-state index contributed by atoms with van der Waals surface area (Å²) >= 11 is 5.07. The number of nitrogens with zero attached hydrogens (tertiary/aromatic N) is 8. The maximum Gasteiger partial charge on any atom is 0.191 e. The lowest BCUT2D eigenvalue weighted by atomic mass is 10.3. The average Bonchev–Trinajstić information content (AvgIpc) is 3.15. The van der Waals surface area contributed by atoms with E-state index in [-0.39, 0.29) is 0 Å². The molecule has 144 valence electrons. The first kappa shape index (κ1) is 18.1. The maximum atomic E-state index is 4.69. The molecule has 0 N–H and O–H groups in total. The minimum atomic E-state index is 0.482. The van der Waals surface area contributed by atoms with E-state index >= 15 is 0 Å². The smallest absolute Gasteiger partial charge is 0.191 e. The van der Waals surface area contributed by atoms with Gasteiger partial charge in [0, 0.05) is 6.54 Å². The Morgan fingerprint density at radius 3 is 2.75 bits per heavy atom. The zero-order chi connectivity index (χ0) is 18.9. The van der Waals surface area contributed by atoms with Crippen LogP contribution in [0.4, 0.5) is 0 Å². The monoisotopic (exact) mass is 430 g/mol. The summed E-state index contributed by atoms with van der Waals surface area (Å²) in [4.78, 5) is 4.69. The van der Waals surface area contributed by atoms with Gasteiger partial charge in [-0.3, -0.25) is 0 Å². The summed E-state index contributed by atoms with van der Waals surface area (Å²) in [6, 6.07) is 8.71. The van der Waals surface area contributed by atoms with Crippen LogP contribution in [0, 0.1) is 0 Å². The van der Waals surface area contributed by atoms with Crippen molar-refractivity contribution in [2.45, 2.75) is 53.4 Å². The molecule has 28 heavy (non-hydrogen) atoms. The van der Waals surface area contributed by atoms with Crippen molar-refractivity contribution in [3.8, 4) is 0 Å². The fraction of sp³-hybridized carbons (Fsp3) is 0.412. The Bertz CT molecular complexity index is 1060. The van der Waals surface area contributed by atoms with Crippen LogP contribution in [-0.4, -0.2) is 40.0 Å². The number of thioether (sulfide) groups is 2. The molecule has 3 heterocycles. The summed E-state index contributed by atoms with van der Waals surface area (Å²) in [5, 5.41) is 21.8. The molecular weight excluding hydrogens is 412 g/mol. The van der Waals surface area contributed by atoms with Crippen molar-refractivity contribution < 1.29 is 0 Å². The molecule has 0 radical (unpaired) electrons. The molecule has 5 rings (SSSR count). The Labute approximate surface area is 174 Å². The van der Waals surface area contributed by atoms with Crippen molar-refractivity contribution in [1.29, 1.82) is 0 Å². The molecule has 0 aliphatic heterocycles. The normalized spacial score (nSPS) is 14.2. The molecule has 1 fully saturated rings. The molecule has 0 bridgehead atoms. The summed E-state index contributed by atoms with van der Waals surface area (Å²) in [6.45, 7) is 2.95. The highest BCUT2D eigenvalue weighted by Crippen LogP contribution is 2.35. The third-order valence-electron chi connectivity index (χ3n) is 4.49. The number of aromatic nitrogens is 8. The van der Waals surface area contributed by atoms with Gasteiger partial charge in [0.25, 0.3) is 0 Å². The van der Waals surface area contributed by atoms with Crippen LogP contribution in [0.2, 0.25) is 0 Å². The number of thiazole rings is 1. The number of benzene rings is 1. The van der Waals surface area contributed by atoms with Crippen molar-refractivity contribution >= 4 is 45.1 Å². The van der Waals surface area contributed by atoms with E-state index in [4.69, 9.17) is 0 Å². The van der Waals surface area contributed by atoms with Crippen molar-refractivity contribution in [2.24, 2.45) is 0 Å². The molecule has 1 aliphatic rings. The number of hydrogen-bond donors (Lipinski definition) is 0. The van der Waals surface area contributed by atoms with Gasteiger partial charge in [-0.15, -0.1) is 26.6 Å². The van der Waals surface area contributed by atoms with Gasteiger partial charge in [-0.2, -0.15) is 0 Å². The highest BCUT2D eigenvalue weighted by molar-refractivity contribution is 8.00. The van der Waals surface area contributed by atoms with Gasteiger partial charge in [-0.1, -0.05) is 35.7 Å². The van der Waals surface area contributed by atoms with E-state index in [0.29, 0.717) is 11.8 Å². The van der Waals surface area contributed by atoms with E-state index in [0.717, 1.165) is 39.0 Å². The van der Waals surface area contributed by atoms with Crippen LogP contribution >= 0.6 is 34.9 Å². The third kappa shape index (κ3) is 3.65. The van der Waals surface area contributed by atoms with Gasteiger partial charge in [0.1, 0.15) is 5.82 Å². The van der Waals surface area contributed by atoms with Gasteiger partial charge in [0.15, 0.2) is 15.3 Å². The van der Waals surface area contributed by atoms with Crippen LogP contribution in [0.15, 0.2) is 33.8 Å². The molecule has 0 spiro atoms. The van der Waals surface area contributed by atoms with E-state index < -0.39 is 0 Å². The molecule has 8 nitrogen and oxygen atoms in total.